The van der Waals surface area contributed by atoms with Gasteiger partial charge in [0, 0.05) is 54.9 Å². The highest BCUT2D eigenvalue weighted by Crippen LogP contribution is 2.35. The van der Waals surface area contributed by atoms with E-state index >= 15 is 0 Å². The number of hydrogen-bond donors (Lipinski definition) is 0. The standard InChI is InChI=1S/C22H20N4/c1-25-13-17-11-16(22-23-8-4-9-24-22)6-7-20(17)21(15-25)18-12-19-5-2-3-10-26(19)14-18/h2-12,14,21H,13,15H2,1H3. The van der Waals surface area contributed by atoms with E-state index in [1.165, 1.54) is 22.2 Å². The highest BCUT2D eigenvalue weighted by molar-refractivity contribution is 5.60. The van der Waals surface area contributed by atoms with E-state index in [1.807, 2.05) is 6.07 Å². The van der Waals surface area contributed by atoms with Crippen molar-refractivity contribution < 1.29 is 0 Å². The largest absolute Gasteiger partial charge is 0.324 e. The van der Waals surface area contributed by atoms with Crippen molar-refractivity contribution in [2.75, 3.05) is 13.6 Å². The van der Waals surface area contributed by atoms with Crippen LogP contribution in [0, 0.1) is 0 Å². The third-order valence-corrected chi connectivity index (χ3v) is 5.20. The summed E-state index contributed by atoms with van der Waals surface area (Å²) in [6, 6.07) is 17.2. The van der Waals surface area contributed by atoms with Crippen molar-refractivity contribution in [1.82, 2.24) is 19.3 Å². The minimum Gasteiger partial charge on any atom is -0.324 e. The molecule has 4 aromatic rings. The first-order valence-corrected chi connectivity index (χ1v) is 8.93. The zero-order valence-corrected chi connectivity index (χ0v) is 14.7. The van der Waals surface area contributed by atoms with Gasteiger partial charge in [-0.1, -0.05) is 18.2 Å². The Bertz CT molecular complexity index is 1030. The molecule has 4 heterocycles. The molecule has 1 unspecified atom stereocenters. The van der Waals surface area contributed by atoms with Crippen LogP contribution in [0.25, 0.3) is 16.9 Å². The maximum Gasteiger partial charge on any atom is 0.159 e. The van der Waals surface area contributed by atoms with Crippen molar-refractivity contribution >= 4 is 5.52 Å². The van der Waals surface area contributed by atoms with Crippen LogP contribution in [-0.4, -0.2) is 32.9 Å². The fraction of sp³-hybridized carbons (Fsp3) is 0.182. The van der Waals surface area contributed by atoms with E-state index in [0.717, 1.165) is 24.5 Å². The number of hydrogen-bond acceptors (Lipinski definition) is 3. The molecule has 1 aromatic carbocycles. The highest BCUT2D eigenvalue weighted by Gasteiger charge is 2.26. The van der Waals surface area contributed by atoms with Crippen molar-refractivity contribution in [2.24, 2.45) is 0 Å². The molecule has 26 heavy (non-hydrogen) atoms. The summed E-state index contributed by atoms with van der Waals surface area (Å²) in [4.78, 5) is 11.2. The van der Waals surface area contributed by atoms with Gasteiger partial charge in [-0.2, -0.15) is 0 Å². The maximum absolute atomic E-state index is 4.39. The molecule has 0 amide bonds. The van der Waals surface area contributed by atoms with Crippen LogP contribution < -0.4 is 0 Å². The lowest BCUT2D eigenvalue weighted by Crippen LogP contribution is -2.30. The molecule has 0 spiro atoms. The fourth-order valence-electron chi connectivity index (χ4n) is 3.99. The summed E-state index contributed by atoms with van der Waals surface area (Å²) in [6.45, 7) is 1.99. The van der Waals surface area contributed by atoms with E-state index in [0.29, 0.717) is 5.92 Å². The van der Waals surface area contributed by atoms with Gasteiger partial charge < -0.3 is 9.30 Å². The summed E-state index contributed by atoms with van der Waals surface area (Å²) in [6.07, 6.45) is 7.96. The van der Waals surface area contributed by atoms with Crippen molar-refractivity contribution in [3.05, 3.63) is 90.0 Å². The van der Waals surface area contributed by atoms with Crippen LogP contribution >= 0.6 is 0 Å². The lowest BCUT2D eigenvalue weighted by Gasteiger charge is -2.32. The van der Waals surface area contributed by atoms with Gasteiger partial charge in [-0.25, -0.2) is 9.97 Å². The maximum atomic E-state index is 4.39. The van der Waals surface area contributed by atoms with Gasteiger partial charge in [0.2, 0.25) is 0 Å². The zero-order chi connectivity index (χ0) is 17.5. The molecule has 0 aliphatic carbocycles. The van der Waals surface area contributed by atoms with Crippen LogP contribution in [0.4, 0.5) is 0 Å². The molecule has 0 bridgehead atoms. The Kier molecular flexibility index (Phi) is 3.57. The predicted octanol–water partition coefficient (Wildman–Crippen LogP) is 3.97. The molecular weight excluding hydrogens is 320 g/mol. The van der Waals surface area contributed by atoms with Gasteiger partial charge in [-0.3, -0.25) is 0 Å². The Morgan fingerprint density at radius 1 is 1.00 bits per heavy atom. The van der Waals surface area contributed by atoms with Crippen molar-refractivity contribution in [3.8, 4) is 11.4 Å². The molecule has 4 nitrogen and oxygen atoms in total. The van der Waals surface area contributed by atoms with Crippen molar-refractivity contribution in [1.29, 1.82) is 0 Å². The van der Waals surface area contributed by atoms with Gasteiger partial charge in [-0.15, -0.1) is 0 Å². The molecule has 0 N–H and O–H groups in total. The molecule has 1 aliphatic rings. The van der Waals surface area contributed by atoms with Crippen molar-refractivity contribution in [2.45, 2.75) is 12.5 Å². The molecule has 128 valence electrons. The van der Waals surface area contributed by atoms with E-state index in [-0.39, 0.29) is 0 Å². The number of benzene rings is 1. The topological polar surface area (TPSA) is 33.4 Å². The average molecular weight is 340 g/mol. The fourth-order valence-corrected chi connectivity index (χ4v) is 3.99. The van der Waals surface area contributed by atoms with Crippen LogP contribution in [0.5, 0.6) is 0 Å². The number of pyridine rings is 1. The second kappa shape index (κ2) is 6.07. The SMILES string of the molecule is CN1Cc2cc(-c3ncccn3)ccc2C(c2cc3ccccn3c2)C1. The monoisotopic (exact) mass is 340 g/mol. The molecule has 1 aliphatic heterocycles. The van der Waals surface area contributed by atoms with Gasteiger partial charge in [-0.05, 0) is 54.1 Å². The molecule has 4 heteroatoms. The summed E-state index contributed by atoms with van der Waals surface area (Å²) in [5, 5.41) is 0. The van der Waals surface area contributed by atoms with Gasteiger partial charge in [0.1, 0.15) is 0 Å². The number of nitrogens with zero attached hydrogens (tertiary/aromatic N) is 4. The van der Waals surface area contributed by atoms with E-state index in [9.17, 15) is 0 Å². The number of fused-ring (bicyclic) bond motifs is 2. The first kappa shape index (κ1) is 15.3. The van der Waals surface area contributed by atoms with E-state index in [4.69, 9.17) is 0 Å². The quantitative estimate of drug-likeness (QED) is 0.553. The molecule has 0 saturated heterocycles. The number of likely N-dealkylation sites (N-methyl/N-ethyl adjacent to an activating group) is 1. The molecule has 0 fully saturated rings. The van der Waals surface area contributed by atoms with Crippen LogP contribution in [0.2, 0.25) is 0 Å². The number of aromatic nitrogens is 3. The van der Waals surface area contributed by atoms with E-state index in [1.54, 1.807) is 12.4 Å². The minimum atomic E-state index is 0.384. The van der Waals surface area contributed by atoms with Crippen LogP contribution in [0.15, 0.2) is 73.3 Å². The predicted molar refractivity (Wildman–Crippen MR) is 103 cm³/mol. The summed E-state index contributed by atoms with van der Waals surface area (Å²) in [5.41, 5.74) is 6.47. The molecular formula is C22H20N4. The minimum absolute atomic E-state index is 0.384. The van der Waals surface area contributed by atoms with Gasteiger partial charge >= 0.3 is 0 Å². The molecule has 3 aromatic heterocycles. The van der Waals surface area contributed by atoms with E-state index in [2.05, 4.69) is 81.2 Å². The third kappa shape index (κ3) is 2.59. The summed E-state index contributed by atoms with van der Waals surface area (Å²) in [7, 11) is 2.19. The average Bonchev–Trinajstić information content (AvgIpc) is 3.11. The molecule has 5 rings (SSSR count). The Morgan fingerprint density at radius 3 is 2.73 bits per heavy atom. The lowest BCUT2D eigenvalue weighted by molar-refractivity contribution is 0.295. The van der Waals surface area contributed by atoms with Crippen LogP contribution in [0.3, 0.4) is 0 Å². The summed E-state index contributed by atoms with van der Waals surface area (Å²) < 4.78 is 2.20. The van der Waals surface area contributed by atoms with Gasteiger partial charge in [0.15, 0.2) is 5.82 Å². The summed E-state index contributed by atoms with van der Waals surface area (Å²) >= 11 is 0. The molecule has 1 atom stereocenters. The van der Waals surface area contributed by atoms with Crippen molar-refractivity contribution in [3.63, 3.8) is 0 Å². The summed E-state index contributed by atoms with van der Waals surface area (Å²) in [5.74, 6) is 1.17. The Morgan fingerprint density at radius 2 is 1.88 bits per heavy atom. The normalized spacial score (nSPS) is 17.3. The van der Waals surface area contributed by atoms with E-state index < -0.39 is 0 Å². The first-order valence-electron chi connectivity index (χ1n) is 8.93. The second-order valence-electron chi connectivity index (χ2n) is 7.04. The Labute approximate surface area is 152 Å². The molecule has 0 saturated carbocycles. The highest BCUT2D eigenvalue weighted by atomic mass is 15.1. The second-order valence-corrected chi connectivity index (χ2v) is 7.04. The smallest absolute Gasteiger partial charge is 0.159 e. The van der Waals surface area contributed by atoms with Crippen LogP contribution in [-0.2, 0) is 6.54 Å². The van der Waals surface area contributed by atoms with Gasteiger partial charge in [0.05, 0.1) is 0 Å². The zero-order valence-electron chi connectivity index (χ0n) is 14.7. The number of rotatable bonds is 2. The van der Waals surface area contributed by atoms with Crippen LogP contribution in [0.1, 0.15) is 22.6 Å². The lowest BCUT2D eigenvalue weighted by atomic mass is 9.85. The third-order valence-electron chi connectivity index (χ3n) is 5.20. The van der Waals surface area contributed by atoms with Gasteiger partial charge in [0.25, 0.3) is 0 Å². The molecule has 0 radical (unpaired) electrons. The Hall–Kier alpha value is -2.98. The first-order chi connectivity index (χ1) is 12.8. The Balaban J connectivity index is 1.59.